The highest BCUT2D eigenvalue weighted by atomic mass is 32.1. The number of ether oxygens (including phenoxy) is 1. The number of aromatic nitrogens is 2. The Bertz CT molecular complexity index is 1180. The smallest absolute Gasteiger partial charge is 0.326 e. The summed E-state index contributed by atoms with van der Waals surface area (Å²) in [5, 5.41) is 2.47. The first kappa shape index (κ1) is 18.1. The van der Waals surface area contributed by atoms with Crippen LogP contribution in [0.4, 0.5) is 0 Å². The van der Waals surface area contributed by atoms with E-state index in [0.29, 0.717) is 10.2 Å². The fraction of sp³-hybridized carbons (Fsp3) is 0.136. The lowest BCUT2D eigenvalue weighted by Gasteiger charge is -2.06. The van der Waals surface area contributed by atoms with E-state index >= 15 is 0 Å². The maximum absolute atomic E-state index is 12.9. The number of nitrogens with zero attached hydrogens (tertiary/aromatic N) is 2. The number of hydrogen-bond acceptors (Lipinski definition) is 5. The van der Waals surface area contributed by atoms with Crippen LogP contribution < -0.4 is 5.56 Å². The third-order valence-electron chi connectivity index (χ3n) is 4.47. The second kappa shape index (κ2) is 7.78. The van der Waals surface area contributed by atoms with Crippen molar-refractivity contribution >= 4 is 27.5 Å². The zero-order valence-electron chi connectivity index (χ0n) is 15.3. The van der Waals surface area contributed by atoms with Crippen LogP contribution >= 0.6 is 11.3 Å². The Hall–Kier alpha value is -3.25. The molecule has 4 rings (SSSR count). The van der Waals surface area contributed by atoms with Gasteiger partial charge in [0.2, 0.25) is 0 Å². The van der Waals surface area contributed by atoms with Gasteiger partial charge in [0.1, 0.15) is 11.4 Å². The second-order valence-electron chi connectivity index (χ2n) is 6.26. The largest absolute Gasteiger partial charge is 0.465 e. The minimum absolute atomic E-state index is 0.141. The maximum atomic E-state index is 12.9. The van der Waals surface area contributed by atoms with Crippen molar-refractivity contribution in [3.05, 3.63) is 76.7 Å². The normalized spacial score (nSPS) is 10.9. The Labute approximate surface area is 165 Å². The molecule has 5 nitrogen and oxygen atoms in total. The van der Waals surface area contributed by atoms with Crippen molar-refractivity contribution in [2.75, 3.05) is 6.61 Å². The van der Waals surface area contributed by atoms with Gasteiger partial charge in [0, 0.05) is 10.9 Å². The van der Waals surface area contributed by atoms with Gasteiger partial charge >= 0.3 is 5.97 Å². The molecular formula is C22H18N2O3S. The van der Waals surface area contributed by atoms with Crippen molar-refractivity contribution in [1.29, 1.82) is 0 Å². The van der Waals surface area contributed by atoms with Crippen molar-refractivity contribution in [2.45, 2.75) is 13.5 Å². The molecule has 6 heteroatoms. The van der Waals surface area contributed by atoms with Crippen LogP contribution in [0.5, 0.6) is 0 Å². The predicted molar refractivity (Wildman–Crippen MR) is 111 cm³/mol. The van der Waals surface area contributed by atoms with Crippen LogP contribution in [0.2, 0.25) is 0 Å². The van der Waals surface area contributed by atoms with E-state index in [1.54, 1.807) is 6.92 Å². The van der Waals surface area contributed by atoms with Gasteiger partial charge < -0.3 is 4.74 Å². The van der Waals surface area contributed by atoms with Crippen molar-refractivity contribution in [3.8, 4) is 22.3 Å². The molecule has 0 fully saturated rings. The molecular weight excluding hydrogens is 372 g/mol. The van der Waals surface area contributed by atoms with Gasteiger partial charge in [-0.3, -0.25) is 14.2 Å². The summed E-state index contributed by atoms with van der Waals surface area (Å²) in [5.41, 5.74) is 3.79. The number of hydrogen-bond donors (Lipinski definition) is 0. The molecule has 0 radical (unpaired) electrons. The summed E-state index contributed by atoms with van der Waals surface area (Å²) in [5.74, 6) is -0.449. The number of rotatable bonds is 5. The summed E-state index contributed by atoms with van der Waals surface area (Å²) in [7, 11) is 0. The van der Waals surface area contributed by atoms with Crippen molar-refractivity contribution < 1.29 is 9.53 Å². The van der Waals surface area contributed by atoms with Crippen LogP contribution in [0.3, 0.4) is 0 Å². The average Bonchev–Trinajstić information content (AvgIpc) is 3.16. The van der Waals surface area contributed by atoms with Crippen molar-refractivity contribution in [3.63, 3.8) is 0 Å². The number of carbonyl (C=O) groups excluding carboxylic acids is 1. The molecule has 0 aliphatic heterocycles. The molecule has 0 unspecified atom stereocenters. The predicted octanol–water partition coefficient (Wildman–Crippen LogP) is 4.36. The Kier molecular flexibility index (Phi) is 5.04. The van der Waals surface area contributed by atoms with Crippen LogP contribution in [0, 0.1) is 0 Å². The lowest BCUT2D eigenvalue weighted by Crippen LogP contribution is -2.25. The van der Waals surface area contributed by atoms with Crippen molar-refractivity contribution in [1.82, 2.24) is 9.55 Å². The summed E-state index contributed by atoms with van der Waals surface area (Å²) >= 11 is 1.42. The highest BCUT2D eigenvalue weighted by Gasteiger charge is 2.15. The maximum Gasteiger partial charge on any atom is 0.326 e. The molecule has 140 valence electrons. The van der Waals surface area contributed by atoms with Gasteiger partial charge in [-0.2, -0.15) is 0 Å². The van der Waals surface area contributed by atoms with E-state index in [9.17, 15) is 9.59 Å². The van der Waals surface area contributed by atoms with E-state index in [1.165, 1.54) is 22.2 Å². The number of benzene rings is 2. The van der Waals surface area contributed by atoms with Crippen molar-refractivity contribution in [2.24, 2.45) is 0 Å². The number of fused-ring (bicyclic) bond motifs is 1. The molecule has 0 N–H and O–H groups in total. The zero-order valence-corrected chi connectivity index (χ0v) is 16.1. The van der Waals surface area contributed by atoms with E-state index in [1.807, 2.05) is 47.8 Å². The monoisotopic (exact) mass is 390 g/mol. The molecule has 2 aromatic heterocycles. The van der Waals surface area contributed by atoms with Gasteiger partial charge in [-0.1, -0.05) is 54.6 Å². The number of carbonyl (C=O) groups is 1. The lowest BCUT2D eigenvalue weighted by molar-refractivity contribution is -0.143. The molecule has 28 heavy (non-hydrogen) atoms. The van der Waals surface area contributed by atoms with Gasteiger partial charge in [0.05, 0.1) is 18.3 Å². The molecule has 0 saturated carbocycles. The fourth-order valence-corrected chi connectivity index (χ4v) is 4.02. The Balaban J connectivity index is 1.73. The highest BCUT2D eigenvalue weighted by Crippen LogP contribution is 2.32. The molecule has 2 aromatic carbocycles. The molecule has 0 spiro atoms. The zero-order chi connectivity index (χ0) is 19.5. The van der Waals surface area contributed by atoms with Gasteiger partial charge in [0.15, 0.2) is 0 Å². The molecule has 0 atom stereocenters. The van der Waals surface area contributed by atoms with Gasteiger partial charge in [-0.25, -0.2) is 4.98 Å². The van der Waals surface area contributed by atoms with Crippen LogP contribution in [0.25, 0.3) is 32.5 Å². The summed E-state index contributed by atoms with van der Waals surface area (Å²) in [6, 6.07) is 18.2. The van der Waals surface area contributed by atoms with Crippen LogP contribution in [-0.4, -0.2) is 22.1 Å². The number of thiophene rings is 1. The topological polar surface area (TPSA) is 61.2 Å². The Morgan fingerprint density at radius 3 is 2.43 bits per heavy atom. The molecule has 0 amide bonds. The molecule has 2 heterocycles. The molecule has 0 bridgehead atoms. The van der Waals surface area contributed by atoms with E-state index < -0.39 is 5.97 Å². The SMILES string of the molecule is CCOC(=O)Cn1cnc2scc(-c3ccc(-c4ccccc4)cc3)c2c1=O. The first-order valence-electron chi connectivity index (χ1n) is 8.95. The summed E-state index contributed by atoms with van der Waals surface area (Å²) < 4.78 is 6.24. The van der Waals surface area contributed by atoms with Gasteiger partial charge in [0.25, 0.3) is 5.56 Å². The third-order valence-corrected chi connectivity index (χ3v) is 5.35. The van der Waals surface area contributed by atoms with Gasteiger partial charge in [-0.05, 0) is 23.6 Å². The third kappa shape index (κ3) is 3.46. The van der Waals surface area contributed by atoms with Crippen LogP contribution in [0.15, 0.2) is 71.1 Å². The van der Waals surface area contributed by atoms with E-state index in [0.717, 1.165) is 22.3 Å². The molecule has 0 aliphatic rings. The highest BCUT2D eigenvalue weighted by molar-refractivity contribution is 7.17. The summed E-state index contributed by atoms with van der Waals surface area (Å²) in [6.45, 7) is 1.87. The van der Waals surface area contributed by atoms with E-state index in [2.05, 4.69) is 17.1 Å². The second-order valence-corrected chi connectivity index (χ2v) is 7.11. The number of esters is 1. The molecule has 0 saturated heterocycles. The first-order valence-corrected chi connectivity index (χ1v) is 9.83. The van der Waals surface area contributed by atoms with Crippen LogP contribution in [0.1, 0.15) is 6.92 Å². The first-order chi connectivity index (χ1) is 13.7. The fourth-order valence-electron chi connectivity index (χ4n) is 3.11. The Morgan fingerprint density at radius 1 is 1.04 bits per heavy atom. The summed E-state index contributed by atoms with van der Waals surface area (Å²) in [6.07, 6.45) is 1.40. The molecule has 0 aliphatic carbocycles. The minimum atomic E-state index is -0.449. The van der Waals surface area contributed by atoms with E-state index in [4.69, 9.17) is 4.74 Å². The average molecular weight is 390 g/mol. The standard InChI is InChI=1S/C22H18N2O3S/c1-2-27-19(25)12-24-14-23-21-20(22(24)26)18(13-28-21)17-10-8-16(9-11-17)15-6-4-3-5-7-15/h3-11,13-14H,2,12H2,1H3. The van der Waals surface area contributed by atoms with E-state index in [-0.39, 0.29) is 18.7 Å². The molecule has 4 aromatic rings. The summed E-state index contributed by atoms with van der Waals surface area (Å²) in [4.78, 5) is 29.7. The lowest BCUT2D eigenvalue weighted by atomic mass is 10.0. The minimum Gasteiger partial charge on any atom is -0.465 e. The van der Waals surface area contributed by atoms with Gasteiger partial charge in [-0.15, -0.1) is 11.3 Å². The van der Waals surface area contributed by atoms with Crippen LogP contribution in [-0.2, 0) is 16.1 Å². The Morgan fingerprint density at radius 2 is 1.71 bits per heavy atom. The quantitative estimate of drug-likeness (QED) is 0.475.